The molecule has 0 radical (unpaired) electrons. The van der Waals surface area contributed by atoms with Crippen molar-refractivity contribution in [3.63, 3.8) is 0 Å². The summed E-state index contributed by atoms with van der Waals surface area (Å²) in [6, 6.07) is 8.77. The van der Waals surface area contributed by atoms with Crippen LogP contribution >= 0.6 is 0 Å². The predicted molar refractivity (Wildman–Crippen MR) is 56.1 cm³/mol. The molecular formula is C9H12N4O. The Bertz CT molecular complexity index is 334. The lowest BCUT2D eigenvalue weighted by atomic mass is 10.3. The Morgan fingerprint density at radius 2 is 2.00 bits per heavy atom. The van der Waals surface area contributed by atoms with Gasteiger partial charge in [-0.05, 0) is 12.1 Å². The lowest BCUT2D eigenvalue weighted by molar-refractivity contribution is 0.251. The van der Waals surface area contributed by atoms with E-state index in [2.05, 4.69) is 15.6 Å². The normalized spacial score (nSPS) is 10.8. The summed E-state index contributed by atoms with van der Waals surface area (Å²) < 4.78 is 0. The van der Waals surface area contributed by atoms with E-state index in [9.17, 15) is 4.79 Å². The summed E-state index contributed by atoms with van der Waals surface area (Å²) >= 11 is 0. The average molecular weight is 192 g/mol. The summed E-state index contributed by atoms with van der Waals surface area (Å²) in [7, 11) is 1.49. The van der Waals surface area contributed by atoms with Crippen LogP contribution in [0.2, 0.25) is 0 Å². The second kappa shape index (κ2) is 4.86. The molecule has 0 atom stereocenters. The molecule has 5 nitrogen and oxygen atoms in total. The molecule has 1 aromatic rings. The van der Waals surface area contributed by atoms with Crippen LogP contribution in [0.15, 0.2) is 35.3 Å². The standard InChI is InChI=1S/C9H12N4O/c1-11-9(14)13-8(10)12-7-5-3-2-4-6-7/h2-6H,1H3,(H4,10,11,12,13,14). The molecule has 0 heterocycles. The van der Waals surface area contributed by atoms with Crippen LogP contribution in [-0.4, -0.2) is 19.0 Å². The van der Waals surface area contributed by atoms with E-state index in [4.69, 9.17) is 5.73 Å². The van der Waals surface area contributed by atoms with E-state index < -0.39 is 6.03 Å². The number of urea groups is 1. The Labute approximate surface area is 82.0 Å². The van der Waals surface area contributed by atoms with Crippen LogP contribution in [0.1, 0.15) is 0 Å². The Balaban J connectivity index is 2.61. The molecule has 0 fully saturated rings. The highest BCUT2D eigenvalue weighted by molar-refractivity contribution is 5.99. The van der Waals surface area contributed by atoms with Gasteiger partial charge in [0.1, 0.15) is 0 Å². The summed E-state index contributed by atoms with van der Waals surface area (Å²) in [4.78, 5) is 14.3. The summed E-state index contributed by atoms with van der Waals surface area (Å²) in [6.45, 7) is 0. The quantitative estimate of drug-likeness (QED) is 0.454. The molecule has 0 spiro atoms. The zero-order chi connectivity index (χ0) is 10.4. The number of nitrogens with one attached hydrogen (secondary N) is 2. The average Bonchev–Trinajstić information content (AvgIpc) is 2.19. The SMILES string of the molecule is CNC(=O)/N=C(\N)Nc1ccccc1. The Kier molecular flexibility index (Phi) is 3.49. The third-order valence-corrected chi connectivity index (χ3v) is 1.48. The fraction of sp³-hybridized carbons (Fsp3) is 0.111. The van der Waals surface area contributed by atoms with Crippen LogP contribution < -0.4 is 16.4 Å². The van der Waals surface area contributed by atoms with Crippen LogP contribution in [0.4, 0.5) is 10.5 Å². The summed E-state index contributed by atoms with van der Waals surface area (Å²) in [5.74, 6) is 0.0653. The molecule has 0 aliphatic carbocycles. The molecule has 0 unspecified atom stereocenters. The van der Waals surface area contributed by atoms with Crippen molar-refractivity contribution in [2.45, 2.75) is 0 Å². The van der Waals surface area contributed by atoms with E-state index in [1.165, 1.54) is 7.05 Å². The second-order valence-electron chi connectivity index (χ2n) is 2.54. The number of nitrogens with two attached hydrogens (primary N) is 1. The number of rotatable bonds is 1. The highest BCUT2D eigenvalue weighted by Gasteiger charge is 1.96. The van der Waals surface area contributed by atoms with E-state index in [1.807, 2.05) is 30.3 Å². The van der Waals surface area contributed by atoms with Gasteiger partial charge >= 0.3 is 6.03 Å². The predicted octanol–water partition coefficient (Wildman–Crippen LogP) is 0.753. The summed E-state index contributed by atoms with van der Waals surface area (Å²) in [6.07, 6.45) is 0. The largest absolute Gasteiger partial charge is 0.369 e. The molecule has 0 aromatic heterocycles. The highest BCUT2D eigenvalue weighted by atomic mass is 16.2. The maximum absolute atomic E-state index is 10.8. The molecule has 0 saturated heterocycles. The third kappa shape index (κ3) is 3.14. The van der Waals surface area contributed by atoms with E-state index in [1.54, 1.807) is 0 Å². The van der Waals surface area contributed by atoms with Crippen molar-refractivity contribution in [1.29, 1.82) is 0 Å². The van der Waals surface area contributed by atoms with Gasteiger partial charge in [-0.15, -0.1) is 0 Å². The van der Waals surface area contributed by atoms with E-state index in [0.717, 1.165) is 5.69 Å². The second-order valence-corrected chi connectivity index (χ2v) is 2.54. The molecule has 2 amide bonds. The minimum absolute atomic E-state index is 0.0653. The smallest absolute Gasteiger partial charge is 0.343 e. The first-order chi connectivity index (χ1) is 6.72. The first-order valence-electron chi connectivity index (χ1n) is 4.10. The molecule has 1 aromatic carbocycles. The fourth-order valence-corrected chi connectivity index (χ4v) is 0.863. The van der Waals surface area contributed by atoms with Crippen LogP contribution in [0.25, 0.3) is 0 Å². The van der Waals surface area contributed by atoms with Gasteiger partial charge in [-0.25, -0.2) is 4.79 Å². The Hall–Kier alpha value is -2.04. The van der Waals surface area contributed by atoms with Crippen LogP contribution in [0.3, 0.4) is 0 Å². The minimum Gasteiger partial charge on any atom is -0.369 e. The number of hydrogen-bond donors (Lipinski definition) is 3. The van der Waals surface area contributed by atoms with Crippen LogP contribution in [-0.2, 0) is 0 Å². The van der Waals surface area contributed by atoms with E-state index >= 15 is 0 Å². The van der Waals surface area contributed by atoms with Crippen molar-refractivity contribution in [3.05, 3.63) is 30.3 Å². The molecule has 14 heavy (non-hydrogen) atoms. The van der Waals surface area contributed by atoms with Gasteiger partial charge in [0.05, 0.1) is 0 Å². The molecule has 1 rings (SSSR count). The number of anilines is 1. The highest BCUT2D eigenvalue weighted by Crippen LogP contribution is 2.03. The number of amides is 2. The molecule has 5 heteroatoms. The number of benzene rings is 1. The molecular weight excluding hydrogens is 180 g/mol. The van der Waals surface area contributed by atoms with Crippen molar-refractivity contribution in [1.82, 2.24) is 5.32 Å². The van der Waals surface area contributed by atoms with Gasteiger partial charge in [0.15, 0.2) is 0 Å². The van der Waals surface area contributed by atoms with Crippen LogP contribution in [0.5, 0.6) is 0 Å². The molecule has 0 aliphatic rings. The number of hydrogen-bond acceptors (Lipinski definition) is 1. The molecule has 4 N–H and O–H groups in total. The van der Waals surface area contributed by atoms with Gasteiger partial charge < -0.3 is 16.4 Å². The number of para-hydroxylation sites is 1. The number of carbonyl (C=O) groups excluding carboxylic acids is 1. The van der Waals surface area contributed by atoms with Crippen molar-refractivity contribution in [2.24, 2.45) is 10.7 Å². The van der Waals surface area contributed by atoms with Gasteiger partial charge in [0.25, 0.3) is 0 Å². The van der Waals surface area contributed by atoms with Crippen molar-refractivity contribution < 1.29 is 4.79 Å². The first kappa shape index (κ1) is 10.0. The zero-order valence-electron chi connectivity index (χ0n) is 7.82. The minimum atomic E-state index is -0.481. The fourth-order valence-electron chi connectivity index (χ4n) is 0.863. The van der Waals surface area contributed by atoms with Crippen molar-refractivity contribution in [2.75, 3.05) is 12.4 Å². The van der Waals surface area contributed by atoms with Crippen molar-refractivity contribution >= 4 is 17.7 Å². The zero-order valence-corrected chi connectivity index (χ0v) is 7.82. The Morgan fingerprint density at radius 1 is 1.36 bits per heavy atom. The number of nitrogens with zero attached hydrogens (tertiary/aromatic N) is 1. The summed E-state index contributed by atoms with van der Waals surface area (Å²) in [5, 5.41) is 5.11. The van der Waals surface area contributed by atoms with Gasteiger partial charge in [0.2, 0.25) is 5.96 Å². The Morgan fingerprint density at radius 3 is 2.57 bits per heavy atom. The van der Waals surface area contributed by atoms with Gasteiger partial charge in [-0.3, -0.25) is 0 Å². The number of carbonyl (C=O) groups is 1. The van der Waals surface area contributed by atoms with Gasteiger partial charge in [-0.2, -0.15) is 4.99 Å². The topological polar surface area (TPSA) is 79.5 Å². The first-order valence-corrected chi connectivity index (χ1v) is 4.10. The van der Waals surface area contributed by atoms with Gasteiger partial charge in [0, 0.05) is 12.7 Å². The van der Waals surface area contributed by atoms with Crippen molar-refractivity contribution in [3.8, 4) is 0 Å². The number of aliphatic imine (C=N–C) groups is 1. The lowest BCUT2D eigenvalue weighted by Crippen LogP contribution is -2.26. The maximum atomic E-state index is 10.8. The molecule has 0 bridgehead atoms. The third-order valence-electron chi connectivity index (χ3n) is 1.48. The lowest BCUT2D eigenvalue weighted by Gasteiger charge is -2.03. The molecule has 74 valence electrons. The van der Waals surface area contributed by atoms with Crippen LogP contribution in [0, 0.1) is 0 Å². The summed E-state index contributed by atoms with van der Waals surface area (Å²) in [5.41, 5.74) is 6.25. The van der Waals surface area contributed by atoms with E-state index in [-0.39, 0.29) is 5.96 Å². The number of guanidine groups is 1. The maximum Gasteiger partial charge on any atom is 0.343 e. The van der Waals surface area contributed by atoms with Gasteiger partial charge in [-0.1, -0.05) is 18.2 Å². The molecule has 0 aliphatic heterocycles. The molecule has 0 saturated carbocycles. The monoisotopic (exact) mass is 192 g/mol. The van der Waals surface area contributed by atoms with E-state index in [0.29, 0.717) is 0 Å².